The molecule has 0 saturated carbocycles. The average Bonchev–Trinajstić information content (AvgIpc) is 3.28. The molecule has 1 saturated heterocycles. The van der Waals surface area contributed by atoms with Crippen LogP contribution in [0.2, 0.25) is 0 Å². The van der Waals surface area contributed by atoms with Crippen LogP contribution in [0.25, 0.3) is 0 Å². The van der Waals surface area contributed by atoms with E-state index in [2.05, 4.69) is 10.3 Å². The van der Waals surface area contributed by atoms with Crippen LogP contribution < -0.4 is 5.32 Å². The predicted molar refractivity (Wildman–Crippen MR) is 91.5 cm³/mol. The van der Waals surface area contributed by atoms with Gasteiger partial charge in [-0.15, -0.1) is 11.3 Å². The lowest BCUT2D eigenvalue weighted by molar-refractivity contribution is 0.0937. The van der Waals surface area contributed by atoms with Crippen molar-refractivity contribution >= 4 is 27.3 Å². The van der Waals surface area contributed by atoms with Gasteiger partial charge >= 0.3 is 0 Å². The van der Waals surface area contributed by atoms with E-state index in [1.165, 1.54) is 10.4 Å². The van der Waals surface area contributed by atoms with Crippen molar-refractivity contribution in [2.75, 3.05) is 13.1 Å². The zero-order chi connectivity index (χ0) is 17.2. The lowest BCUT2D eigenvalue weighted by Gasteiger charge is -2.17. The Kier molecular flexibility index (Phi) is 5.02. The maximum Gasteiger partial charge on any atom is 0.263 e. The number of sulfonamides is 1. The first-order valence-electron chi connectivity index (χ1n) is 7.83. The first-order valence-corrected chi connectivity index (χ1v) is 10.1. The normalized spacial score (nSPS) is 17.0. The van der Waals surface area contributed by atoms with Gasteiger partial charge in [-0.2, -0.15) is 4.31 Å². The molecule has 0 bridgehead atoms. The second-order valence-corrected chi connectivity index (χ2v) is 8.68. The third kappa shape index (κ3) is 3.52. The summed E-state index contributed by atoms with van der Waals surface area (Å²) >= 11 is 1.16. The molecule has 9 heteroatoms. The van der Waals surface area contributed by atoms with Crippen LogP contribution in [-0.4, -0.2) is 47.3 Å². The minimum atomic E-state index is -3.59. The summed E-state index contributed by atoms with van der Waals surface area (Å²) in [4.78, 5) is 16.8. The third-order valence-corrected chi connectivity index (χ3v) is 6.92. The smallest absolute Gasteiger partial charge is 0.263 e. The van der Waals surface area contributed by atoms with Gasteiger partial charge in [-0.05, 0) is 31.2 Å². The van der Waals surface area contributed by atoms with Crippen LogP contribution in [-0.2, 0) is 16.6 Å². The number of carbonyl (C=O) groups is 1. The number of nitrogens with zero attached hydrogens (tertiary/aromatic N) is 3. The van der Waals surface area contributed by atoms with E-state index < -0.39 is 10.0 Å². The third-order valence-electron chi connectivity index (χ3n) is 3.94. The van der Waals surface area contributed by atoms with Crippen molar-refractivity contribution in [1.82, 2.24) is 19.2 Å². The highest BCUT2D eigenvalue weighted by Crippen LogP contribution is 2.27. The summed E-state index contributed by atoms with van der Waals surface area (Å²) in [6.07, 6.45) is 6.91. The van der Waals surface area contributed by atoms with E-state index in [4.69, 9.17) is 0 Å². The highest BCUT2D eigenvalue weighted by atomic mass is 32.2. The molecule has 2 aromatic heterocycles. The number of hydrogen-bond donors (Lipinski definition) is 1. The van der Waals surface area contributed by atoms with Gasteiger partial charge in [0, 0.05) is 38.1 Å². The zero-order valence-electron chi connectivity index (χ0n) is 13.4. The van der Waals surface area contributed by atoms with Gasteiger partial charge in [0.15, 0.2) is 0 Å². The van der Waals surface area contributed by atoms with E-state index in [-0.39, 0.29) is 21.7 Å². The van der Waals surface area contributed by atoms with E-state index in [1.807, 2.05) is 17.7 Å². The quantitative estimate of drug-likeness (QED) is 0.838. The first-order chi connectivity index (χ1) is 11.5. The molecule has 1 fully saturated rings. The van der Waals surface area contributed by atoms with Crippen LogP contribution in [0.5, 0.6) is 0 Å². The van der Waals surface area contributed by atoms with E-state index in [0.29, 0.717) is 19.6 Å². The Morgan fingerprint density at radius 3 is 2.83 bits per heavy atom. The number of imidazole rings is 1. The Hall–Kier alpha value is -1.71. The Balaban J connectivity index is 1.73. The van der Waals surface area contributed by atoms with Crippen molar-refractivity contribution in [2.45, 2.75) is 37.2 Å². The van der Waals surface area contributed by atoms with Crippen molar-refractivity contribution in [2.24, 2.45) is 0 Å². The Bertz CT molecular complexity index is 793. The van der Waals surface area contributed by atoms with Gasteiger partial charge in [-0.25, -0.2) is 13.4 Å². The van der Waals surface area contributed by atoms with Crippen LogP contribution in [0.15, 0.2) is 35.1 Å². The monoisotopic (exact) mass is 368 g/mol. The van der Waals surface area contributed by atoms with E-state index in [0.717, 1.165) is 24.2 Å². The molecule has 0 aromatic carbocycles. The predicted octanol–water partition coefficient (Wildman–Crippen LogP) is 1.55. The van der Waals surface area contributed by atoms with Crippen molar-refractivity contribution in [3.05, 3.63) is 35.0 Å². The zero-order valence-corrected chi connectivity index (χ0v) is 15.0. The van der Waals surface area contributed by atoms with Crippen LogP contribution >= 0.6 is 11.3 Å². The fourth-order valence-corrected chi connectivity index (χ4v) is 5.60. The fourth-order valence-electron chi connectivity index (χ4n) is 2.78. The second kappa shape index (κ2) is 7.04. The molecule has 1 aliphatic rings. The molecular weight excluding hydrogens is 348 g/mol. The molecule has 0 spiro atoms. The topological polar surface area (TPSA) is 84.3 Å². The van der Waals surface area contributed by atoms with E-state index >= 15 is 0 Å². The number of hydrogen-bond acceptors (Lipinski definition) is 5. The lowest BCUT2D eigenvalue weighted by Crippen LogP contribution is -2.36. The van der Waals surface area contributed by atoms with Crippen LogP contribution in [0, 0.1) is 0 Å². The minimum Gasteiger partial charge on any atom is -0.347 e. The summed E-state index contributed by atoms with van der Waals surface area (Å²) in [6, 6.07) is 1.38. The highest BCUT2D eigenvalue weighted by Gasteiger charge is 2.32. The van der Waals surface area contributed by atoms with E-state index in [1.54, 1.807) is 17.9 Å². The van der Waals surface area contributed by atoms with Crippen LogP contribution in [0.3, 0.4) is 0 Å². The molecule has 2 aromatic rings. The summed E-state index contributed by atoms with van der Waals surface area (Å²) in [5.74, 6) is -0.351. The molecule has 1 unspecified atom stereocenters. The second-order valence-electron chi connectivity index (χ2n) is 5.86. The summed E-state index contributed by atoms with van der Waals surface area (Å²) < 4.78 is 28.7. The Labute approximate surface area is 145 Å². The highest BCUT2D eigenvalue weighted by molar-refractivity contribution is 7.89. The van der Waals surface area contributed by atoms with Crippen molar-refractivity contribution < 1.29 is 13.2 Å². The van der Waals surface area contributed by atoms with Gasteiger partial charge in [0.2, 0.25) is 10.0 Å². The molecule has 7 nitrogen and oxygen atoms in total. The number of amides is 1. The molecule has 1 aliphatic heterocycles. The number of aromatic nitrogens is 2. The van der Waals surface area contributed by atoms with Crippen LogP contribution in [0.4, 0.5) is 0 Å². The van der Waals surface area contributed by atoms with Crippen molar-refractivity contribution in [3.8, 4) is 0 Å². The van der Waals surface area contributed by atoms with Crippen molar-refractivity contribution in [1.29, 1.82) is 0 Å². The van der Waals surface area contributed by atoms with E-state index in [9.17, 15) is 13.2 Å². The number of thiophene rings is 1. The summed E-state index contributed by atoms with van der Waals surface area (Å²) in [5.41, 5.74) is 0. The molecule has 3 rings (SSSR count). The molecule has 1 atom stereocenters. The Morgan fingerprint density at radius 1 is 1.42 bits per heavy atom. The molecule has 0 aliphatic carbocycles. The van der Waals surface area contributed by atoms with Gasteiger partial charge in [0.1, 0.15) is 9.77 Å². The first kappa shape index (κ1) is 17.1. The average molecular weight is 368 g/mol. The van der Waals surface area contributed by atoms with Gasteiger partial charge in [-0.1, -0.05) is 0 Å². The minimum absolute atomic E-state index is 0.113. The number of rotatable bonds is 6. The van der Waals surface area contributed by atoms with Crippen LogP contribution in [0.1, 0.15) is 29.4 Å². The number of nitrogens with one attached hydrogen (secondary N) is 1. The maximum absolute atomic E-state index is 12.7. The van der Waals surface area contributed by atoms with Gasteiger partial charge < -0.3 is 9.88 Å². The molecule has 1 amide bonds. The van der Waals surface area contributed by atoms with Crippen molar-refractivity contribution in [3.63, 3.8) is 0 Å². The molecule has 3 heterocycles. The summed E-state index contributed by atoms with van der Waals surface area (Å²) in [5, 5.41) is 4.51. The molecule has 1 N–H and O–H groups in total. The molecule has 0 radical (unpaired) electrons. The maximum atomic E-state index is 12.7. The largest absolute Gasteiger partial charge is 0.347 e. The SMILES string of the molecule is CC(Cn1ccnc1)NC(=O)c1sccc1S(=O)(=O)N1CCCC1. The van der Waals surface area contributed by atoms with Gasteiger partial charge in [0.25, 0.3) is 5.91 Å². The molecule has 130 valence electrons. The van der Waals surface area contributed by atoms with Gasteiger partial charge in [-0.3, -0.25) is 4.79 Å². The standard InChI is InChI=1S/C15H20N4O3S2/c1-12(10-18-8-5-16-11-18)17-15(20)14-13(4-9-23-14)24(21,22)19-6-2-3-7-19/h4-5,8-9,11-12H,2-3,6-7,10H2,1H3,(H,17,20). The molecular formula is C15H20N4O3S2. The summed E-state index contributed by atoms with van der Waals surface area (Å²) in [6.45, 7) is 3.50. The Morgan fingerprint density at radius 2 is 2.17 bits per heavy atom. The lowest BCUT2D eigenvalue weighted by atomic mass is 10.3. The van der Waals surface area contributed by atoms with Gasteiger partial charge in [0.05, 0.1) is 6.33 Å². The summed E-state index contributed by atoms with van der Waals surface area (Å²) in [7, 11) is -3.59. The molecule has 24 heavy (non-hydrogen) atoms. The fraction of sp³-hybridized carbons (Fsp3) is 0.467. The number of carbonyl (C=O) groups excluding carboxylic acids is 1.